The highest BCUT2D eigenvalue weighted by Crippen LogP contribution is 2.26. The van der Waals surface area contributed by atoms with Crippen LogP contribution >= 0.6 is 0 Å². The van der Waals surface area contributed by atoms with Gasteiger partial charge in [0, 0.05) is 6.61 Å². The van der Waals surface area contributed by atoms with Gasteiger partial charge in [-0.3, -0.25) is 0 Å². The van der Waals surface area contributed by atoms with E-state index in [0.29, 0.717) is 13.0 Å². The number of nitriles is 1. The van der Waals surface area contributed by atoms with Gasteiger partial charge in [0.25, 0.3) is 0 Å². The number of hydrogen-bond acceptors (Lipinski definition) is 4. The molecular formula is C10H18N2O3S. The Kier molecular flexibility index (Phi) is 3.94. The van der Waals surface area contributed by atoms with E-state index in [1.807, 2.05) is 13.8 Å². The Morgan fingerprint density at radius 3 is 2.69 bits per heavy atom. The fourth-order valence-corrected chi connectivity index (χ4v) is 3.38. The molecule has 92 valence electrons. The summed E-state index contributed by atoms with van der Waals surface area (Å²) in [6.45, 7) is 5.88. The average Bonchev–Trinajstić information content (AvgIpc) is 2.47. The van der Waals surface area contributed by atoms with Gasteiger partial charge in [-0.15, -0.1) is 0 Å². The molecule has 0 saturated carbocycles. The second-order valence-corrected chi connectivity index (χ2v) is 6.22. The van der Waals surface area contributed by atoms with Gasteiger partial charge in [-0.1, -0.05) is 6.92 Å². The Labute approximate surface area is 96.8 Å². The summed E-state index contributed by atoms with van der Waals surface area (Å²) in [6.07, 6.45) is 0.755. The first-order valence-corrected chi connectivity index (χ1v) is 6.94. The second-order valence-electron chi connectivity index (χ2n) is 4.35. The van der Waals surface area contributed by atoms with E-state index in [-0.39, 0.29) is 12.5 Å². The third-order valence-electron chi connectivity index (χ3n) is 3.15. The Bertz CT molecular complexity index is 387. The van der Waals surface area contributed by atoms with Crippen molar-refractivity contribution in [3.05, 3.63) is 0 Å². The van der Waals surface area contributed by atoms with Crippen molar-refractivity contribution in [2.24, 2.45) is 0 Å². The lowest BCUT2D eigenvalue weighted by atomic mass is 9.97. The Balaban J connectivity index is 2.85. The van der Waals surface area contributed by atoms with Crippen LogP contribution in [0.15, 0.2) is 0 Å². The molecule has 0 radical (unpaired) electrons. The molecule has 0 aromatic rings. The molecule has 0 aliphatic carbocycles. The maximum atomic E-state index is 11.9. The van der Waals surface area contributed by atoms with Crippen molar-refractivity contribution < 1.29 is 13.2 Å². The smallest absolute Gasteiger partial charge is 0.228 e. The summed E-state index contributed by atoms with van der Waals surface area (Å²) in [4.78, 5) is 0. The molecule has 0 aromatic carbocycles. The zero-order chi connectivity index (χ0) is 12.4. The average molecular weight is 246 g/mol. The minimum absolute atomic E-state index is 0.168. The van der Waals surface area contributed by atoms with Crippen LogP contribution in [0.1, 0.15) is 33.6 Å². The summed E-state index contributed by atoms with van der Waals surface area (Å²) in [5.41, 5.74) is -0.594. The van der Waals surface area contributed by atoms with Crippen LogP contribution in [0.5, 0.6) is 0 Å². The van der Waals surface area contributed by atoms with Crippen molar-refractivity contribution >= 4 is 10.0 Å². The Hall–Kier alpha value is -0.640. The van der Waals surface area contributed by atoms with Gasteiger partial charge < -0.3 is 4.74 Å². The van der Waals surface area contributed by atoms with Crippen LogP contribution in [0.4, 0.5) is 0 Å². The number of sulfonamides is 1. The SMILES string of the molecule is CCC(C#N)S(=O)(=O)NC1(C)CCOC1C. The molecule has 1 fully saturated rings. The third kappa shape index (κ3) is 2.54. The first-order valence-electron chi connectivity index (χ1n) is 5.39. The molecule has 1 aliphatic heterocycles. The molecule has 3 unspecified atom stereocenters. The van der Waals surface area contributed by atoms with Gasteiger partial charge in [0.2, 0.25) is 10.0 Å². The largest absolute Gasteiger partial charge is 0.376 e. The topological polar surface area (TPSA) is 79.2 Å². The van der Waals surface area contributed by atoms with Gasteiger partial charge in [0.15, 0.2) is 5.25 Å². The Morgan fingerprint density at radius 2 is 2.31 bits per heavy atom. The minimum atomic E-state index is -3.59. The summed E-state index contributed by atoms with van der Waals surface area (Å²) < 4.78 is 31.8. The highest BCUT2D eigenvalue weighted by molar-refractivity contribution is 7.90. The minimum Gasteiger partial charge on any atom is -0.376 e. The van der Waals surface area contributed by atoms with E-state index in [1.165, 1.54) is 0 Å². The van der Waals surface area contributed by atoms with Crippen molar-refractivity contribution in [2.75, 3.05) is 6.61 Å². The molecule has 1 rings (SSSR count). The number of hydrogen-bond donors (Lipinski definition) is 1. The maximum Gasteiger partial charge on any atom is 0.228 e. The highest BCUT2D eigenvalue weighted by Gasteiger charge is 2.41. The van der Waals surface area contributed by atoms with Crippen LogP contribution in [0, 0.1) is 11.3 Å². The van der Waals surface area contributed by atoms with Crippen LogP contribution in [-0.4, -0.2) is 31.9 Å². The first-order chi connectivity index (χ1) is 7.35. The number of rotatable bonds is 4. The molecule has 3 atom stereocenters. The third-order valence-corrected chi connectivity index (χ3v) is 5.09. The lowest BCUT2D eigenvalue weighted by molar-refractivity contribution is 0.0957. The van der Waals surface area contributed by atoms with Crippen LogP contribution in [-0.2, 0) is 14.8 Å². The zero-order valence-corrected chi connectivity index (χ0v) is 10.7. The summed E-state index contributed by atoms with van der Waals surface area (Å²) in [5.74, 6) is 0. The van der Waals surface area contributed by atoms with Crippen molar-refractivity contribution in [3.63, 3.8) is 0 Å². The number of nitrogens with one attached hydrogen (secondary N) is 1. The van der Waals surface area contributed by atoms with Gasteiger partial charge in [-0.25, -0.2) is 13.1 Å². The molecule has 0 aromatic heterocycles. The summed E-state index contributed by atoms with van der Waals surface area (Å²) in [7, 11) is -3.59. The number of nitrogens with zero attached hydrogens (tertiary/aromatic N) is 1. The van der Waals surface area contributed by atoms with Crippen LogP contribution in [0.25, 0.3) is 0 Å². The standard InChI is InChI=1S/C10H18N2O3S/c1-4-9(7-11)16(13,14)12-10(3)5-6-15-8(10)2/h8-9,12H,4-6H2,1-3H3. The van der Waals surface area contributed by atoms with E-state index in [0.717, 1.165) is 0 Å². The lowest BCUT2D eigenvalue weighted by Gasteiger charge is -2.29. The van der Waals surface area contributed by atoms with Gasteiger partial charge in [-0.05, 0) is 26.7 Å². The van der Waals surface area contributed by atoms with Crippen LogP contribution in [0.3, 0.4) is 0 Å². The highest BCUT2D eigenvalue weighted by atomic mass is 32.2. The molecule has 1 heterocycles. The van der Waals surface area contributed by atoms with E-state index < -0.39 is 20.8 Å². The van der Waals surface area contributed by atoms with E-state index in [4.69, 9.17) is 10.00 Å². The second kappa shape index (κ2) is 4.70. The molecule has 1 aliphatic rings. The van der Waals surface area contributed by atoms with Crippen molar-refractivity contribution in [2.45, 2.75) is 50.5 Å². The first kappa shape index (κ1) is 13.4. The monoisotopic (exact) mass is 246 g/mol. The van der Waals surface area contributed by atoms with E-state index >= 15 is 0 Å². The molecule has 0 amide bonds. The molecule has 5 nitrogen and oxygen atoms in total. The fraction of sp³-hybridized carbons (Fsp3) is 0.900. The molecule has 0 bridgehead atoms. The van der Waals surface area contributed by atoms with Gasteiger partial charge in [-0.2, -0.15) is 5.26 Å². The molecule has 16 heavy (non-hydrogen) atoms. The molecule has 0 spiro atoms. The van der Waals surface area contributed by atoms with Crippen molar-refractivity contribution in [1.82, 2.24) is 4.72 Å². The van der Waals surface area contributed by atoms with E-state index in [9.17, 15) is 8.42 Å². The summed E-state index contributed by atoms with van der Waals surface area (Å²) >= 11 is 0. The molecule has 6 heteroatoms. The molecule has 1 N–H and O–H groups in total. The Morgan fingerprint density at radius 1 is 1.69 bits per heavy atom. The van der Waals surface area contributed by atoms with Crippen LogP contribution < -0.4 is 4.72 Å². The van der Waals surface area contributed by atoms with Gasteiger partial charge in [0.1, 0.15) is 0 Å². The van der Waals surface area contributed by atoms with Crippen molar-refractivity contribution in [3.8, 4) is 6.07 Å². The predicted octanol–water partition coefficient (Wildman–Crippen LogP) is 0.775. The summed E-state index contributed by atoms with van der Waals surface area (Å²) in [5, 5.41) is 7.80. The normalized spacial score (nSPS) is 32.2. The number of ether oxygens (including phenoxy) is 1. The van der Waals surface area contributed by atoms with Gasteiger partial charge in [0.05, 0.1) is 17.7 Å². The van der Waals surface area contributed by atoms with Gasteiger partial charge >= 0.3 is 0 Å². The fourth-order valence-electron chi connectivity index (χ4n) is 1.75. The summed E-state index contributed by atoms with van der Waals surface area (Å²) in [6, 6.07) is 1.81. The van der Waals surface area contributed by atoms with Crippen molar-refractivity contribution in [1.29, 1.82) is 5.26 Å². The lowest BCUT2D eigenvalue weighted by Crippen LogP contribution is -2.52. The predicted molar refractivity (Wildman–Crippen MR) is 60.2 cm³/mol. The quantitative estimate of drug-likeness (QED) is 0.794. The zero-order valence-electron chi connectivity index (χ0n) is 9.86. The van der Waals surface area contributed by atoms with E-state index in [1.54, 1.807) is 13.0 Å². The molecule has 1 saturated heterocycles. The molecular weight excluding hydrogens is 228 g/mol. The van der Waals surface area contributed by atoms with Crippen LogP contribution in [0.2, 0.25) is 0 Å². The maximum absolute atomic E-state index is 11.9. The van der Waals surface area contributed by atoms with E-state index in [2.05, 4.69) is 4.72 Å².